The lowest BCUT2D eigenvalue weighted by Gasteiger charge is -2.31. The van der Waals surface area contributed by atoms with Crippen LogP contribution in [-0.4, -0.2) is 42.0 Å². The van der Waals surface area contributed by atoms with Crippen molar-refractivity contribution in [2.75, 3.05) is 19.6 Å². The molecule has 0 aromatic heterocycles. The molecule has 0 spiro atoms. The largest absolute Gasteiger partial charge is 0.368 e. The predicted molar refractivity (Wildman–Crippen MR) is 82.1 cm³/mol. The Morgan fingerprint density at radius 2 is 1.84 bits per heavy atom. The lowest BCUT2D eigenvalue weighted by Crippen LogP contribution is -2.55. The smallest absolute Gasteiger partial charge is 0.237 e. The SMILES string of the molecule is CCCCN(CC)CCCC(C)(NC(C)C)C(N)=O. The summed E-state index contributed by atoms with van der Waals surface area (Å²) in [7, 11) is 0. The van der Waals surface area contributed by atoms with E-state index in [-0.39, 0.29) is 11.9 Å². The molecule has 0 saturated heterocycles. The lowest BCUT2D eigenvalue weighted by atomic mass is 9.93. The van der Waals surface area contributed by atoms with Gasteiger partial charge in [-0.2, -0.15) is 0 Å². The molecule has 0 fully saturated rings. The van der Waals surface area contributed by atoms with Crippen molar-refractivity contribution in [2.24, 2.45) is 5.73 Å². The first-order valence-electron chi connectivity index (χ1n) is 7.65. The number of carbonyl (C=O) groups is 1. The van der Waals surface area contributed by atoms with Crippen LogP contribution in [0, 0.1) is 0 Å². The van der Waals surface area contributed by atoms with Gasteiger partial charge in [0, 0.05) is 6.04 Å². The maximum atomic E-state index is 11.6. The molecule has 0 heterocycles. The molecule has 0 saturated carbocycles. The van der Waals surface area contributed by atoms with E-state index in [0.717, 1.165) is 32.5 Å². The summed E-state index contributed by atoms with van der Waals surface area (Å²) in [5.74, 6) is -0.252. The molecule has 0 aliphatic heterocycles. The van der Waals surface area contributed by atoms with E-state index in [1.165, 1.54) is 12.8 Å². The highest BCUT2D eigenvalue weighted by molar-refractivity contribution is 5.84. The molecule has 4 nitrogen and oxygen atoms in total. The zero-order chi connectivity index (χ0) is 14.9. The minimum absolute atomic E-state index is 0.252. The van der Waals surface area contributed by atoms with Gasteiger partial charge in [-0.05, 0) is 59.7 Å². The summed E-state index contributed by atoms with van der Waals surface area (Å²) in [6, 6.07) is 0.264. The normalized spacial score (nSPS) is 14.9. The minimum atomic E-state index is -0.585. The number of unbranched alkanes of at least 4 members (excludes halogenated alkanes) is 1. The summed E-state index contributed by atoms with van der Waals surface area (Å²) in [6.07, 6.45) is 4.26. The van der Waals surface area contributed by atoms with Crippen molar-refractivity contribution in [3.8, 4) is 0 Å². The van der Waals surface area contributed by atoms with Gasteiger partial charge in [0.2, 0.25) is 5.91 Å². The molecule has 0 bridgehead atoms. The Labute approximate surface area is 119 Å². The Kier molecular flexibility index (Phi) is 9.02. The molecule has 0 radical (unpaired) electrons. The van der Waals surface area contributed by atoms with Gasteiger partial charge in [0.25, 0.3) is 0 Å². The van der Waals surface area contributed by atoms with E-state index in [1.54, 1.807) is 0 Å². The summed E-state index contributed by atoms with van der Waals surface area (Å²) >= 11 is 0. The van der Waals surface area contributed by atoms with Crippen molar-refractivity contribution in [3.63, 3.8) is 0 Å². The molecular weight excluding hydrogens is 238 g/mol. The van der Waals surface area contributed by atoms with Crippen molar-refractivity contribution in [1.29, 1.82) is 0 Å². The number of nitrogens with two attached hydrogens (primary N) is 1. The van der Waals surface area contributed by atoms with E-state index in [0.29, 0.717) is 0 Å². The van der Waals surface area contributed by atoms with Crippen molar-refractivity contribution in [3.05, 3.63) is 0 Å². The molecular formula is C15H33N3O. The van der Waals surface area contributed by atoms with Gasteiger partial charge in [0.05, 0.1) is 5.54 Å². The van der Waals surface area contributed by atoms with E-state index in [4.69, 9.17) is 5.73 Å². The van der Waals surface area contributed by atoms with E-state index in [9.17, 15) is 4.79 Å². The van der Waals surface area contributed by atoms with Crippen LogP contribution in [0.25, 0.3) is 0 Å². The fraction of sp³-hybridized carbons (Fsp3) is 0.933. The average molecular weight is 271 g/mol. The quantitative estimate of drug-likeness (QED) is 0.605. The second kappa shape index (κ2) is 9.32. The Hall–Kier alpha value is -0.610. The van der Waals surface area contributed by atoms with Crippen molar-refractivity contribution >= 4 is 5.91 Å². The van der Waals surface area contributed by atoms with Crippen LogP contribution in [-0.2, 0) is 4.79 Å². The number of amides is 1. The Bertz CT molecular complexity index is 256. The summed E-state index contributed by atoms with van der Waals surface area (Å²) in [6.45, 7) is 13.7. The van der Waals surface area contributed by atoms with E-state index in [1.807, 2.05) is 20.8 Å². The first-order chi connectivity index (χ1) is 8.85. The molecule has 19 heavy (non-hydrogen) atoms. The zero-order valence-corrected chi connectivity index (χ0v) is 13.5. The molecule has 1 amide bonds. The van der Waals surface area contributed by atoms with Gasteiger partial charge >= 0.3 is 0 Å². The minimum Gasteiger partial charge on any atom is -0.368 e. The van der Waals surface area contributed by atoms with Gasteiger partial charge in [-0.1, -0.05) is 20.3 Å². The molecule has 3 N–H and O–H groups in total. The molecule has 4 heteroatoms. The third kappa shape index (κ3) is 7.53. The second-order valence-corrected chi connectivity index (χ2v) is 5.89. The van der Waals surface area contributed by atoms with Crippen LogP contribution < -0.4 is 11.1 Å². The van der Waals surface area contributed by atoms with E-state index in [2.05, 4.69) is 24.1 Å². The molecule has 0 aliphatic rings. The van der Waals surface area contributed by atoms with Crippen LogP contribution in [0.4, 0.5) is 0 Å². The van der Waals surface area contributed by atoms with Crippen molar-refractivity contribution < 1.29 is 4.79 Å². The highest BCUT2D eigenvalue weighted by Crippen LogP contribution is 2.14. The number of nitrogens with one attached hydrogen (secondary N) is 1. The van der Waals surface area contributed by atoms with Crippen LogP contribution in [0.5, 0.6) is 0 Å². The fourth-order valence-electron chi connectivity index (χ4n) is 2.37. The average Bonchev–Trinajstić information content (AvgIpc) is 2.32. The maximum absolute atomic E-state index is 11.6. The molecule has 0 rings (SSSR count). The number of primary amides is 1. The number of hydrogen-bond acceptors (Lipinski definition) is 3. The summed E-state index contributed by atoms with van der Waals surface area (Å²) < 4.78 is 0. The Morgan fingerprint density at radius 3 is 2.26 bits per heavy atom. The third-order valence-electron chi connectivity index (χ3n) is 3.58. The highest BCUT2D eigenvalue weighted by Gasteiger charge is 2.30. The number of rotatable bonds is 11. The predicted octanol–water partition coefficient (Wildman–Crippen LogP) is 2.13. The number of nitrogens with zero attached hydrogens (tertiary/aromatic N) is 1. The topological polar surface area (TPSA) is 58.4 Å². The molecule has 0 aliphatic carbocycles. The molecule has 0 aromatic rings. The monoisotopic (exact) mass is 271 g/mol. The fourth-order valence-corrected chi connectivity index (χ4v) is 2.37. The second-order valence-electron chi connectivity index (χ2n) is 5.89. The van der Waals surface area contributed by atoms with Gasteiger partial charge in [-0.3, -0.25) is 4.79 Å². The highest BCUT2D eigenvalue weighted by atomic mass is 16.1. The van der Waals surface area contributed by atoms with E-state index >= 15 is 0 Å². The number of hydrogen-bond donors (Lipinski definition) is 2. The van der Waals surface area contributed by atoms with E-state index < -0.39 is 5.54 Å². The standard InChI is InChI=1S/C15H33N3O/c1-6-8-11-18(7-2)12-9-10-15(5,14(16)19)17-13(3)4/h13,17H,6-12H2,1-5H3,(H2,16,19). The molecule has 1 atom stereocenters. The Morgan fingerprint density at radius 1 is 1.26 bits per heavy atom. The van der Waals surface area contributed by atoms with Crippen LogP contribution in [0.2, 0.25) is 0 Å². The van der Waals surface area contributed by atoms with Gasteiger partial charge in [-0.15, -0.1) is 0 Å². The zero-order valence-electron chi connectivity index (χ0n) is 13.5. The van der Waals surface area contributed by atoms with Gasteiger partial charge in [-0.25, -0.2) is 0 Å². The van der Waals surface area contributed by atoms with Gasteiger partial charge in [0.1, 0.15) is 0 Å². The molecule has 0 aromatic carbocycles. The summed E-state index contributed by atoms with van der Waals surface area (Å²) in [5, 5.41) is 3.30. The Balaban J connectivity index is 4.21. The first-order valence-corrected chi connectivity index (χ1v) is 7.65. The summed E-state index contributed by atoms with van der Waals surface area (Å²) in [5.41, 5.74) is 4.95. The molecule has 1 unspecified atom stereocenters. The van der Waals surface area contributed by atoms with Gasteiger partial charge in [0.15, 0.2) is 0 Å². The third-order valence-corrected chi connectivity index (χ3v) is 3.58. The lowest BCUT2D eigenvalue weighted by molar-refractivity contribution is -0.124. The molecule has 114 valence electrons. The van der Waals surface area contributed by atoms with Crippen molar-refractivity contribution in [1.82, 2.24) is 10.2 Å². The number of carbonyl (C=O) groups excluding carboxylic acids is 1. The maximum Gasteiger partial charge on any atom is 0.237 e. The van der Waals surface area contributed by atoms with Crippen LogP contribution in [0.15, 0.2) is 0 Å². The summed E-state index contributed by atoms with van der Waals surface area (Å²) in [4.78, 5) is 14.1. The van der Waals surface area contributed by atoms with Gasteiger partial charge < -0.3 is 16.0 Å². The van der Waals surface area contributed by atoms with Crippen LogP contribution in [0.3, 0.4) is 0 Å². The van der Waals surface area contributed by atoms with Crippen LogP contribution >= 0.6 is 0 Å². The van der Waals surface area contributed by atoms with Crippen molar-refractivity contribution in [2.45, 2.75) is 71.9 Å². The first kappa shape index (κ1) is 18.4. The van der Waals surface area contributed by atoms with Crippen LogP contribution in [0.1, 0.15) is 60.3 Å².